The summed E-state index contributed by atoms with van der Waals surface area (Å²) < 4.78 is 0. The lowest BCUT2D eigenvalue weighted by Crippen LogP contribution is -2.37. The van der Waals surface area contributed by atoms with E-state index in [2.05, 4.69) is 26.1 Å². The Labute approximate surface area is 99.2 Å². The standard InChI is InChI=1S/C13H26N2O/c1-4-9(2)7-10(3)15-13(16)11-5-6-12(14)8-11/h9-12H,4-8,14H2,1-3H3,(H,15,16). The monoisotopic (exact) mass is 226 g/mol. The van der Waals surface area contributed by atoms with Gasteiger partial charge in [-0.05, 0) is 38.5 Å². The van der Waals surface area contributed by atoms with Gasteiger partial charge in [0.15, 0.2) is 0 Å². The van der Waals surface area contributed by atoms with Gasteiger partial charge in [-0.2, -0.15) is 0 Å². The molecule has 1 rings (SSSR count). The lowest BCUT2D eigenvalue weighted by atomic mass is 9.99. The van der Waals surface area contributed by atoms with Crippen molar-refractivity contribution < 1.29 is 4.79 Å². The maximum absolute atomic E-state index is 11.9. The van der Waals surface area contributed by atoms with Crippen LogP contribution < -0.4 is 11.1 Å². The number of carbonyl (C=O) groups excluding carboxylic acids is 1. The second-order valence-corrected chi connectivity index (χ2v) is 5.43. The Balaban J connectivity index is 2.28. The molecule has 1 saturated carbocycles. The summed E-state index contributed by atoms with van der Waals surface area (Å²) in [4.78, 5) is 11.9. The highest BCUT2D eigenvalue weighted by molar-refractivity contribution is 5.79. The van der Waals surface area contributed by atoms with Crippen LogP contribution in [0.2, 0.25) is 0 Å². The molecule has 4 unspecified atom stereocenters. The first kappa shape index (κ1) is 13.5. The van der Waals surface area contributed by atoms with Crippen LogP contribution in [0.4, 0.5) is 0 Å². The zero-order valence-corrected chi connectivity index (χ0v) is 10.8. The minimum absolute atomic E-state index is 0.161. The molecule has 16 heavy (non-hydrogen) atoms. The van der Waals surface area contributed by atoms with Crippen LogP contribution in [0, 0.1) is 11.8 Å². The molecule has 0 aromatic rings. The average Bonchev–Trinajstić information content (AvgIpc) is 2.64. The molecule has 3 heteroatoms. The van der Waals surface area contributed by atoms with Crippen LogP contribution in [0.5, 0.6) is 0 Å². The fourth-order valence-corrected chi connectivity index (χ4v) is 2.44. The predicted molar refractivity (Wildman–Crippen MR) is 67.0 cm³/mol. The van der Waals surface area contributed by atoms with Crippen LogP contribution in [0.1, 0.15) is 52.9 Å². The quantitative estimate of drug-likeness (QED) is 0.754. The molecule has 0 aromatic heterocycles. The first-order valence-electron chi connectivity index (χ1n) is 6.58. The van der Waals surface area contributed by atoms with Gasteiger partial charge in [0.05, 0.1) is 0 Å². The molecule has 1 aliphatic rings. The number of nitrogens with two attached hydrogens (primary N) is 1. The molecule has 1 fully saturated rings. The van der Waals surface area contributed by atoms with E-state index in [0.29, 0.717) is 12.0 Å². The maximum Gasteiger partial charge on any atom is 0.223 e. The maximum atomic E-state index is 11.9. The van der Waals surface area contributed by atoms with Crippen molar-refractivity contribution in [2.45, 2.75) is 65.0 Å². The van der Waals surface area contributed by atoms with Crippen LogP contribution in [0.25, 0.3) is 0 Å². The van der Waals surface area contributed by atoms with E-state index in [1.54, 1.807) is 0 Å². The van der Waals surface area contributed by atoms with Gasteiger partial charge in [-0.15, -0.1) is 0 Å². The topological polar surface area (TPSA) is 55.1 Å². The van der Waals surface area contributed by atoms with Gasteiger partial charge in [-0.25, -0.2) is 0 Å². The first-order valence-corrected chi connectivity index (χ1v) is 6.58. The van der Waals surface area contributed by atoms with Crippen molar-refractivity contribution in [1.29, 1.82) is 0 Å². The van der Waals surface area contributed by atoms with Crippen molar-refractivity contribution in [3.05, 3.63) is 0 Å². The third-order valence-electron chi connectivity index (χ3n) is 3.69. The number of hydrogen-bond acceptors (Lipinski definition) is 2. The molecule has 3 nitrogen and oxygen atoms in total. The number of nitrogens with one attached hydrogen (secondary N) is 1. The summed E-state index contributed by atoms with van der Waals surface area (Å²) in [7, 11) is 0. The highest BCUT2D eigenvalue weighted by Crippen LogP contribution is 2.24. The average molecular weight is 226 g/mol. The lowest BCUT2D eigenvalue weighted by Gasteiger charge is -2.19. The first-order chi connectivity index (χ1) is 7.52. The largest absolute Gasteiger partial charge is 0.353 e. The van der Waals surface area contributed by atoms with Gasteiger partial charge < -0.3 is 11.1 Å². The highest BCUT2D eigenvalue weighted by atomic mass is 16.1. The molecule has 0 saturated heterocycles. The van der Waals surface area contributed by atoms with Crippen molar-refractivity contribution in [1.82, 2.24) is 5.32 Å². The summed E-state index contributed by atoms with van der Waals surface area (Å²) in [5.74, 6) is 1.05. The van der Waals surface area contributed by atoms with Crippen molar-refractivity contribution in [3.8, 4) is 0 Å². The Morgan fingerprint density at radius 2 is 2.12 bits per heavy atom. The van der Waals surface area contributed by atoms with Crippen LogP contribution in [-0.2, 0) is 4.79 Å². The zero-order valence-electron chi connectivity index (χ0n) is 10.8. The van der Waals surface area contributed by atoms with Gasteiger partial charge in [0.25, 0.3) is 0 Å². The van der Waals surface area contributed by atoms with E-state index in [1.807, 2.05) is 0 Å². The minimum Gasteiger partial charge on any atom is -0.353 e. The molecule has 3 N–H and O–H groups in total. The molecule has 1 amide bonds. The fraction of sp³-hybridized carbons (Fsp3) is 0.923. The summed E-state index contributed by atoms with van der Waals surface area (Å²) in [5, 5.41) is 3.11. The van der Waals surface area contributed by atoms with Crippen LogP contribution in [0.15, 0.2) is 0 Å². The molecule has 0 heterocycles. The summed E-state index contributed by atoms with van der Waals surface area (Å²) in [5.41, 5.74) is 5.82. The predicted octanol–water partition coefficient (Wildman–Crippen LogP) is 2.05. The molecule has 0 aromatic carbocycles. The fourth-order valence-electron chi connectivity index (χ4n) is 2.44. The van der Waals surface area contributed by atoms with Gasteiger partial charge in [0.1, 0.15) is 0 Å². The van der Waals surface area contributed by atoms with Crippen molar-refractivity contribution in [2.75, 3.05) is 0 Å². The molecular formula is C13H26N2O. The second-order valence-electron chi connectivity index (χ2n) is 5.43. The molecule has 0 spiro atoms. The second kappa shape index (κ2) is 6.24. The van der Waals surface area contributed by atoms with E-state index in [-0.39, 0.29) is 17.9 Å². The van der Waals surface area contributed by atoms with Crippen LogP contribution >= 0.6 is 0 Å². The highest BCUT2D eigenvalue weighted by Gasteiger charge is 2.28. The van der Waals surface area contributed by atoms with Gasteiger partial charge in [0, 0.05) is 18.0 Å². The van der Waals surface area contributed by atoms with E-state index in [4.69, 9.17) is 5.73 Å². The number of rotatable bonds is 5. The summed E-state index contributed by atoms with van der Waals surface area (Å²) in [6, 6.07) is 0.528. The van der Waals surface area contributed by atoms with E-state index >= 15 is 0 Å². The number of hydrogen-bond donors (Lipinski definition) is 2. The Morgan fingerprint density at radius 3 is 2.62 bits per heavy atom. The SMILES string of the molecule is CCC(C)CC(C)NC(=O)C1CCC(N)C1. The molecule has 94 valence electrons. The molecule has 4 atom stereocenters. The molecule has 1 aliphatic carbocycles. The zero-order chi connectivity index (χ0) is 12.1. The van der Waals surface area contributed by atoms with Gasteiger partial charge >= 0.3 is 0 Å². The van der Waals surface area contributed by atoms with Gasteiger partial charge in [-0.3, -0.25) is 4.79 Å². The Bertz CT molecular complexity index is 230. The minimum atomic E-state index is 0.161. The lowest BCUT2D eigenvalue weighted by molar-refractivity contribution is -0.125. The van der Waals surface area contributed by atoms with Gasteiger partial charge in [-0.1, -0.05) is 20.3 Å². The molecule has 0 radical (unpaired) electrons. The smallest absolute Gasteiger partial charge is 0.223 e. The Morgan fingerprint density at radius 1 is 1.44 bits per heavy atom. The summed E-state index contributed by atoms with van der Waals surface area (Å²) >= 11 is 0. The number of carbonyl (C=O) groups is 1. The van der Waals surface area contributed by atoms with E-state index in [0.717, 1.165) is 25.7 Å². The summed E-state index contributed by atoms with van der Waals surface area (Å²) in [6.45, 7) is 6.52. The van der Waals surface area contributed by atoms with Crippen LogP contribution in [0.3, 0.4) is 0 Å². The summed E-state index contributed by atoms with van der Waals surface area (Å²) in [6.07, 6.45) is 5.07. The van der Waals surface area contributed by atoms with Crippen molar-refractivity contribution >= 4 is 5.91 Å². The van der Waals surface area contributed by atoms with E-state index in [9.17, 15) is 4.79 Å². The molecular weight excluding hydrogens is 200 g/mol. The van der Waals surface area contributed by atoms with E-state index in [1.165, 1.54) is 6.42 Å². The van der Waals surface area contributed by atoms with Crippen molar-refractivity contribution in [3.63, 3.8) is 0 Å². The van der Waals surface area contributed by atoms with Crippen LogP contribution in [-0.4, -0.2) is 18.0 Å². The van der Waals surface area contributed by atoms with E-state index < -0.39 is 0 Å². The molecule has 0 aliphatic heterocycles. The Kier molecular flexibility index (Phi) is 5.26. The molecule has 0 bridgehead atoms. The van der Waals surface area contributed by atoms with Gasteiger partial charge in [0.2, 0.25) is 5.91 Å². The Hall–Kier alpha value is -0.570. The normalized spacial score (nSPS) is 28.8. The third kappa shape index (κ3) is 4.12. The van der Waals surface area contributed by atoms with Crippen molar-refractivity contribution in [2.24, 2.45) is 17.6 Å². The number of amides is 1. The third-order valence-corrected chi connectivity index (χ3v) is 3.69.